The van der Waals surface area contributed by atoms with Gasteiger partial charge in [-0.15, -0.1) is 5.10 Å². The predicted molar refractivity (Wildman–Crippen MR) is 75.6 cm³/mol. The maximum absolute atomic E-state index is 11.8. The fraction of sp³-hybridized carbons (Fsp3) is 0.833. The molecule has 0 aromatic carbocycles. The first-order chi connectivity index (χ1) is 9.88. The topological polar surface area (TPSA) is 88.8 Å². The van der Waals surface area contributed by atoms with Crippen molar-refractivity contribution in [3.63, 3.8) is 0 Å². The Balaban J connectivity index is 1.78. The van der Waals surface area contributed by atoms with E-state index in [4.69, 9.17) is 9.15 Å². The lowest BCUT2D eigenvalue weighted by molar-refractivity contribution is -0.0954. The average Bonchev–Trinajstić information content (AvgIpc) is 2.85. The molecular weight excluding hydrogens is 296 g/mol. The molecule has 0 radical (unpaired) electrons. The van der Waals surface area contributed by atoms with E-state index in [2.05, 4.69) is 10.2 Å². The van der Waals surface area contributed by atoms with Crippen molar-refractivity contribution in [2.24, 2.45) is 0 Å². The molecule has 3 heterocycles. The number of nitrogens with zero attached hydrogens (tertiary/aromatic N) is 4. The third-order valence-corrected chi connectivity index (χ3v) is 5.26. The van der Waals surface area contributed by atoms with E-state index in [1.165, 1.54) is 10.6 Å². The minimum Gasteiger partial charge on any atom is -0.408 e. The molecule has 2 fully saturated rings. The molecule has 1 aromatic heterocycles. The molecule has 1 spiro atoms. The van der Waals surface area contributed by atoms with Crippen LogP contribution in [0.3, 0.4) is 0 Å². The Hall–Kier alpha value is -1.19. The zero-order valence-corrected chi connectivity index (χ0v) is 13.1. The SMILES string of the molecule is Cc1nnc(N2CCC[C@@]3(C2)CN(S(C)(=O)=O)CCO3)o1. The summed E-state index contributed by atoms with van der Waals surface area (Å²) in [6, 6.07) is 0.478. The Kier molecular flexibility index (Phi) is 3.66. The minimum absolute atomic E-state index is 0.384. The Morgan fingerprint density at radius 2 is 2.05 bits per heavy atom. The van der Waals surface area contributed by atoms with E-state index >= 15 is 0 Å². The highest BCUT2D eigenvalue weighted by molar-refractivity contribution is 7.88. The molecule has 2 aliphatic rings. The number of morpholine rings is 1. The van der Waals surface area contributed by atoms with Gasteiger partial charge in [-0.05, 0) is 12.8 Å². The smallest absolute Gasteiger partial charge is 0.318 e. The van der Waals surface area contributed by atoms with Gasteiger partial charge in [-0.2, -0.15) is 4.31 Å². The maximum atomic E-state index is 11.8. The molecule has 0 bridgehead atoms. The van der Waals surface area contributed by atoms with Crippen molar-refractivity contribution < 1.29 is 17.6 Å². The predicted octanol–water partition coefficient (Wildman–Crippen LogP) is 0.00882. The Labute approximate surface area is 124 Å². The number of hydrogen-bond donors (Lipinski definition) is 0. The van der Waals surface area contributed by atoms with Crippen molar-refractivity contribution >= 4 is 16.0 Å². The Morgan fingerprint density at radius 3 is 2.71 bits per heavy atom. The first-order valence-corrected chi connectivity index (χ1v) is 8.87. The standard InChI is InChI=1S/C12H20N4O4S/c1-10-13-14-11(20-10)15-5-3-4-12(8-15)9-16(6-7-19-12)21(2,17)18/h3-9H2,1-2H3/t12-/m1/s1. The molecule has 21 heavy (non-hydrogen) atoms. The lowest BCUT2D eigenvalue weighted by Crippen LogP contribution is -2.60. The van der Waals surface area contributed by atoms with E-state index in [0.717, 1.165) is 19.4 Å². The summed E-state index contributed by atoms with van der Waals surface area (Å²) in [5.41, 5.74) is -0.484. The number of ether oxygens (including phenoxy) is 1. The molecule has 0 aliphatic carbocycles. The molecule has 0 saturated carbocycles. The quantitative estimate of drug-likeness (QED) is 0.759. The summed E-state index contributed by atoms with van der Waals surface area (Å²) in [6.07, 6.45) is 2.98. The highest BCUT2D eigenvalue weighted by Crippen LogP contribution is 2.31. The first kappa shape index (κ1) is 14.7. The van der Waals surface area contributed by atoms with E-state index in [0.29, 0.717) is 38.1 Å². The van der Waals surface area contributed by atoms with Gasteiger partial charge >= 0.3 is 6.01 Å². The normalized spacial score (nSPS) is 28.2. The van der Waals surface area contributed by atoms with E-state index < -0.39 is 15.6 Å². The van der Waals surface area contributed by atoms with Gasteiger partial charge in [0, 0.05) is 26.6 Å². The first-order valence-electron chi connectivity index (χ1n) is 7.02. The molecule has 8 nitrogen and oxygen atoms in total. The summed E-state index contributed by atoms with van der Waals surface area (Å²) in [7, 11) is -3.20. The molecule has 3 rings (SSSR count). The number of rotatable bonds is 2. The number of piperidine rings is 1. The monoisotopic (exact) mass is 316 g/mol. The van der Waals surface area contributed by atoms with Gasteiger partial charge in [-0.1, -0.05) is 5.10 Å². The molecule has 2 saturated heterocycles. The van der Waals surface area contributed by atoms with E-state index in [1.54, 1.807) is 6.92 Å². The van der Waals surface area contributed by atoms with Gasteiger partial charge in [0.1, 0.15) is 0 Å². The summed E-state index contributed by atoms with van der Waals surface area (Å²) in [6.45, 7) is 4.35. The fourth-order valence-electron chi connectivity index (χ4n) is 3.02. The highest BCUT2D eigenvalue weighted by atomic mass is 32.2. The zero-order chi connectivity index (χ0) is 15.1. The van der Waals surface area contributed by atoms with Crippen molar-refractivity contribution in [1.82, 2.24) is 14.5 Å². The van der Waals surface area contributed by atoms with Crippen LogP contribution in [0.25, 0.3) is 0 Å². The van der Waals surface area contributed by atoms with Crippen LogP contribution in [0.4, 0.5) is 6.01 Å². The largest absolute Gasteiger partial charge is 0.408 e. The Bertz CT molecular complexity index is 613. The molecule has 0 N–H and O–H groups in total. The molecule has 118 valence electrons. The third-order valence-electron chi connectivity index (χ3n) is 4.01. The van der Waals surface area contributed by atoms with Crippen LogP contribution in [-0.2, 0) is 14.8 Å². The summed E-state index contributed by atoms with van der Waals surface area (Å²) < 4.78 is 36.5. The average molecular weight is 316 g/mol. The van der Waals surface area contributed by atoms with Gasteiger partial charge < -0.3 is 14.1 Å². The van der Waals surface area contributed by atoms with Crippen molar-refractivity contribution in [1.29, 1.82) is 0 Å². The van der Waals surface area contributed by atoms with Crippen LogP contribution in [-0.4, -0.2) is 67.6 Å². The van der Waals surface area contributed by atoms with Gasteiger partial charge in [0.25, 0.3) is 0 Å². The van der Waals surface area contributed by atoms with Crippen LogP contribution >= 0.6 is 0 Å². The summed E-state index contributed by atoms with van der Waals surface area (Å²) in [4.78, 5) is 1.98. The van der Waals surface area contributed by atoms with Crippen LogP contribution in [0.5, 0.6) is 0 Å². The molecule has 9 heteroatoms. The fourth-order valence-corrected chi connectivity index (χ4v) is 3.89. The van der Waals surface area contributed by atoms with Gasteiger partial charge in [0.05, 0.1) is 25.0 Å². The summed E-state index contributed by atoms with van der Waals surface area (Å²) in [5.74, 6) is 0.520. The van der Waals surface area contributed by atoms with Gasteiger partial charge in [-0.25, -0.2) is 8.42 Å². The van der Waals surface area contributed by atoms with Crippen LogP contribution in [0.15, 0.2) is 4.42 Å². The van der Waals surface area contributed by atoms with Crippen LogP contribution in [0.1, 0.15) is 18.7 Å². The third kappa shape index (κ3) is 3.04. The van der Waals surface area contributed by atoms with Crippen molar-refractivity contribution in [3.8, 4) is 0 Å². The van der Waals surface area contributed by atoms with Gasteiger partial charge in [0.15, 0.2) is 0 Å². The molecule has 0 amide bonds. The summed E-state index contributed by atoms with van der Waals surface area (Å²) in [5, 5.41) is 7.88. The molecular formula is C12H20N4O4S. The van der Waals surface area contributed by atoms with E-state index in [-0.39, 0.29) is 0 Å². The van der Waals surface area contributed by atoms with Crippen molar-refractivity contribution in [3.05, 3.63) is 5.89 Å². The van der Waals surface area contributed by atoms with E-state index in [9.17, 15) is 8.42 Å². The van der Waals surface area contributed by atoms with Crippen molar-refractivity contribution in [2.45, 2.75) is 25.4 Å². The van der Waals surface area contributed by atoms with Crippen LogP contribution in [0, 0.1) is 6.92 Å². The zero-order valence-electron chi connectivity index (χ0n) is 12.3. The van der Waals surface area contributed by atoms with Gasteiger partial charge in [0.2, 0.25) is 15.9 Å². The number of anilines is 1. The second kappa shape index (κ2) is 5.22. The van der Waals surface area contributed by atoms with Gasteiger partial charge in [-0.3, -0.25) is 0 Å². The number of aromatic nitrogens is 2. The lowest BCUT2D eigenvalue weighted by Gasteiger charge is -2.46. The van der Waals surface area contributed by atoms with E-state index in [1.807, 2.05) is 4.90 Å². The lowest BCUT2D eigenvalue weighted by atomic mass is 9.91. The second-order valence-electron chi connectivity index (χ2n) is 5.76. The molecule has 1 atom stereocenters. The molecule has 0 unspecified atom stereocenters. The van der Waals surface area contributed by atoms with Crippen LogP contribution < -0.4 is 4.90 Å². The van der Waals surface area contributed by atoms with Crippen molar-refractivity contribution in [2.75, 3.05) is 43.9 Å². The number of sulfonamides is 1. The molecule has 1 aromatic rings. The highest BCUT2D eigenvalue weighted by Gasteiger charge is 2.43. The second-order valence-corrected chi connectivity index (χ2v) is 7.74. The maximum Gasteiger partial charge on any atom is 0.318 e. The number of hydrogen-bond acceptors (Lipinski definition) is 7. The summed E-state index contributed by atoms with van der Waals surface area (Å²) >= 11 is 0. The minimum atomic E-state index is -3.20. The van der Waals surface area contributed by atoms with Crippen LogP contribution in [0.2, 0.25) is 0 Å². The number of aryl methyl sites for hydroxylation is 1. The molecule has 2 aliphatic heterocycles. The Morgan fingerprint density at radius 1 is 1.24 bits per heavy atom.